The van der Waals surface area contributed by atoms with Crippen molar-refractivity contribution in [3.8, 4) is 11.4 Å². The molecule has 0 amide bonds. The quantitative estimate of drug-likeness (QED) is 0.296. The van der Waals surface area contributed by atoms with Crippen molar-refractivity contribution in [3.05, 3.63) is 71.1 Å². The Kier molecular flexibility index (Phi) is 6.94. The minimum absolute atomic E-state index is 0. The van der Waals surface area contributed by atoms with Gasteiger partial charge in [-0.15, -0.1) is 22.6 Å². The van der Waals surface area contributed by atoms with Gasteiger partial charge in [-0.05, 0) is 61.6 Å². The first-order chi connectivity index (χ1) is 16.2. The average Bonchev–Trinajstić information content (AvgIpc) is 3.17. The number of hydrogen-bond donors (Lipinski definition) is 0. The van der Waals surface area contributed by atoms with Crippen LogP contribution in [0.5, 0.6) is 0 Å². The van der Waals surface area contributed by atoms with Crippen LogP contribution in [0.3, 0.4) is 0 Å². The van der Waals surface area contributed by atoms with Gasteiger partial charge in [-0.3, -0.25) is 0 Å². The van der Waals surface area contributed by atoms with E-state index in [1.165, 1.54) is 24.3 Å². The third kappa shape index (κ3) is 4.93. The Bertz CT molecular complexity index is 1190. The van der Waals surface area contributed by atoms with Crippen LogP contribution in [0, 0.1) is 17.6 Å². The number of alkyl halides is 3. The van der Waals surface area contributed by atoms with Gasteiger partial charge in [0.1, 0.15) is 17.5 Å². The molecule has 188 valence electrons. The van der Waals surface area contributed by atoms with Crippen LogP contribution < -0.4 is 0 Å². The Balaban J connectivity index is 0.00000289. The van der Waals surface area contributed by atoms with Crippen LogP contribution in [-0.4, -0.2) is 39.3 Å². The second-order valence-corrected chi connectivity index (χ2v) is 9.45. The molecule has 0 N–H and O–H groups in total. The highest BCUT2D eigenvalue weighted by Gasteiger charge is 2.60. The van der Waals surface area contributed by atoms with Crippen LogP contribution in [0.2, 0.25) is 0 Å². The van der Waals surface area contributed by atoms with Crippen LogP contribution in [0.25, 0.3) is 11.4 Å². The first kappa shape index (κ1) is 25.6. The number of hydrogen-bond acceptors (Lipinski definition) is 3. The van der Waals surface area contributed by atoms with E-state index < -0.39 is 23.4 Å². The molecule has 1 saturated carbocycles. The molecule has 2 heterocycles. The van der Waals surface area contributed by atoms with Gasteiger partial charge < -0.3 is 9.47 Å². The molecule has 1 saturated heterocycles. The summed E-state index contributed by atoms with van der Waals surface area (Å²) in [6, 6.07) is 9.06. The average molecular weight is 513 g/mol. The summed E-state index contributed by atoms with van der Waals surface area (Å²) >= 11 is 0. The van der Waals surface area contributed by atoms with E-state index in [2.05, 4.69) is 15.1 Å². The molecule has 0 bridgehead atoms. The molecule has 0 spiro atoms. The van der Waals surface area contributed by atoms with Gasteiger partial charge >= 0.3 is 6.18 Å². The number of halogens is 6. The van der Waals surface area contributed by atoms with E-state index in [1.807, 2.05) is 0 Å². The maximum Gasteiger partial charge on any atom is 0.416 e. The fourth-order valence-corrected chi connectivity index (χ4v) is 5.30. The molecule has 2 aliphatic rings. The van der Waals surface area contributed by atoms with E-state index in [0.717, 1.165) is 56.4 Å². The fraction of sp³-hybridized carbons (Fsp3) is 0.440. The standard InChI is InChI=1S/C25H25F5N4.ClH/c1-33-22(31-32-23(33)20-10-9-19(26)12-21(20)27)4-2-3-11-34-14-18-13-24(18,15-34)16-5-7-17(8-6-16)25(28,29)30;/h5-10,12,18H,2-4,11,13-15H2,1H3;1H/t18-,24+;/m0./s1. The lowest BCUT2D eigenvalue weighted by molar-refractivity contribution is -0.137. The van der Waals surface area contributed by atoms with Crippen LogP contribution in [0.15, 0.2) is 42.5 Å². The topological polar surface area (TPSA) is 34.0 Å². The summed E-state index contributed by atoms with van der Waals surface area (Å²) in [5.41, 5.74) is 0.621. The SMILES string of the molecule is Cl.Cn1c(CCCCN2C[C@@H]3C[C@]3(c3ccc(C(F)(F)F)cc3)C2)nnc1-c1ccc(F)cc1F. The molecule has 3 aromatic rings. The predicted octanol–water partition coefficient (Wildman–Crippen LogP) is 5.80. The lowest BCUT2D eigenvalue weighted by atomic mass is 9.94. The summed E-state index contributed by atoms with van der Waals surface area (Å²) in [6.45, 7) is 2.76. The van der Waals surface area contributed by atoms with Crippen molar-refractivity contribution in [2.75, 3.05) is 19.6 Å². The molecule has 4 nitrogen and oxygen atoms in total. The summed E-state index contributed by atoms with van der Waals surface area (Å²) in [4.78, 5) is 2.39. The van der Waals surface area contributed by atoms with E-state index in [1.54, 1.807) is 23.7 Å². The molecule has 1 aliphatic heterocycles. The second kappa shape index (κ2) is 9.50. The van der Waals surface area contributed by atoms with Gasteiger partial charge in [0.25, 0.3) is 0 Å². The summed E-state index contributed by atoms with van der Waals surface area (Å²) in [5.74, 6) is 0.311. The fourth-order valence-electron chi connectivity index (χ4n) is 5.30. The highest BCUT2D eigenvalue weighted by molar-refractivity contribution is 5.85. The normalized spacial score (nSPS) is 21.6. The number of piperidine rings is 1. The third-order valence-corrected chi connectivity index (χ3v) is 7.27. The predicted molar refractivity (Wildman–Crippen MR) is 124 cm³/mol. The number of likely N-dealkylation sites (tertiary alicyclic amines) is 1. The number of rotatable bonds is 7. The van der Waals surface area contributed by atoms with Crippen LogP contribution in [-0.2, 0) is 25.1 Å². The maximum atomic E-state index is 14.1. The van der Waals surface area contributed by atoms with Crippen molar-refractivity contribution in [2.24, 2.45) is 13.0 Å². The van der Waals surface area contributed by atoms with Crippen LogP contribution >= 0.6 is 12.4 Å². The second-order valence-electron chi connectivity index (χ2n) is 9.45. The molecule has 1 aliphatic carbocycles. The van der Waals surface area contributed by atoms with Crippen molar-refractivity contribution in [1.82, 2.24) is 19.7 Å². The zero-order valence-corrected chi connectivity index (χ0v) is 20.0. The number of aromatic nitrogens is 3. The van der Waals surface area contributed by atoms with E-state index in [4.69, 9.17) is 0 Å². The highest BCUT2D eigenvalue weighted by Crippen LogP contribution is 2.59. The van der Waals surface area contributed by atoms with Crippen molar-refractivity contribution in [1.29, 1.82) is 0 Å². The molecule has 2 fully saturated rings. The Morgan fingerprint density at radius 2 is 1.77 bits per heavy atom. The monoisotopic (exact) mass is 512 g/mol. The van der Waals surface area contributed by atoms with Gasteiger partial charge in [0.05, 0.1) is 11.1 Å². The Hall–Kier alpha value is -2.52. The Labute approximate surface area is 206 Å². The van der Waals surface area contributed by atoms with Crippen molar-refractivity contribution >= 4 is 12.4 Å². The summed E-state index contributed by atoms with van der Waals surface area (Å²) in [7, 11) is 1.77. The van der Waals surface area contributed by atoms with Crippen molar-refractivity contribution in [3.63, 3.8) is 0 Å². The van der Waals surface area contributed by atoms with E-state index in [-0.39, 0.29) is 23.4 Å². The van der Waals surface area contributed by atoms with Gasteiger partial charge in [-0.25, -0.2) is 8.78 Å². The highest BCUT2D eigenvalue weighted by atomic mass is 35.5. The largest absolute Gasteiger partial charge is 0.416 e. The smallest absolute Gasteiger partial charge is 0.314 e. The number of fused-ring (bicyclic) bond motifs is 1. The lowest BCUT2D eigenvalue weighted by Gasteiger charge is -2.21. The first-order valence-electron chi connectivity index (χ1n) is 11.4. The summed E-state index contributed by atoms with van der Waals surface area (Å²) in [5, 5.41) is 8.26. The number of nitrogens with zero attached hydrogens (tertiary/aromatic N) is 4. The molecule has 5 rings (SSSR count). The lowest BCUT2D eigenvalue weighted by Crippen LogP contribution is -2.27. The molecular formula is C25H26ClF5N4. The van der Waals surface area contributed by atoms with Gasteiger partial charge in [0.15, 0.2) is 5.82 Å². The molecular weight excluding hydrogens is 487 g/mol. The van der Waals surface area contributed by atoms with Gasteiger partial charge in [-0.1, -0.05) is 12.1 Å². The van der Waals surface area contributed by atoms with Gasteiger partial charge in [0.2, 0.25) is 0 Å². The molecule has 1 aromatic heterocycles. The third-order valence-electron chi connectivity index (χ3n) is 7.27. The number of unbranched alkanes of at least 4 members (excludes halogenated alkanes) is 1. The summed E-state index contributed by atoms with van der Waals surface area (Å²) < 4.78 is 67.6. The van der Waals surface area contributed by atoms with E-state index in [9.17, 15) is 22.0 Å². The molecule has 0 radical (unpaired) electrons. The zero-order chi connectivity index (χ0) is 24.1. The number of aryl methyl sites for hydroxylation is 1. The molecule has 10 heteroatoms. The minimum atomic E-state index is -4.31. The van der Waals surface area contributed by atoms with Gasteiger partial charge in [0, 0.05) is 38.0 Å². The molecule has 2 atom stereocenters. The molecule has 2 aromatic carbocycles. The molecule has 35 heavy (non-hydrogen) atoms. The van der Waals surface area contributed by atoms with E-state index >= 15 is 0 Å². The van der Waals surface area contributed by atoms with Crippen molar-refractivity contribution < 1.29 is 22.0 Å². The zero-order valence-electron chi connectivity index (χ0n) is 19.2. The maximum absolute atomic E-state index is 14.1. The Morgan fingerprint density at radius 1 is 1.03 bits per heavy atom. The van der Waals surface area contributed by atoms with Crippen LogP contribution in [0.1, 0.15) is 36.2 Å². The van der Waals surface area contributed by atoms with Gasteiger partial charge in [-0.2, -0.15) is 13.2 Å². The number of benzene rings is 2. The van der Waals surface area contributed by atoms with E-state index in [0.29, 0.717) is 18.2 Å². The minimum Gasteiger partial charge on any atom is -0.314 e. The van der Waals surface area contributed by atoms with Crippen LogP contribution in [0.4, 0.5) is 22.0 Å². The first-order valence-corrected chi connectivity index (χ1v) is 11.4. The Morgan fingerprint density at radius 3 is 2.46 bits per heavy atom. The summed E-state index contributed by atoms with van der Waals surface area (Å²) in [6.07, 6.45) is -0.753. The van der Waals surface area contributed by atoms with Crippen molar-refractivity contribution in [2.45, 2.75) is 37.3 Å². The molecule has 0 unspecified atom stereocenters.